The first-order valence-corrected chi connectivity index (χ1v) is 7.10. The van der Waals surface area contributed by atoms with Crippen LogP contribution in [0.1, 0.15) is 37.7 Å². The van der Waals surface area contributed by atoms with Crippen molar-refractivity contribution in [2.45, 2.75) is 52.7 Å². The molecule has 2 aromatic heterocycles. The Labute approximate surface area is 121 Å². The van der Waals surface area contributed by atoms with Gasteiger partial charge in [-0.3, -0.25) is 9.36 Å². The maximum absolute atomic E-state index is 4.59. The van der Waals surface area contributed by atoms with Crippen molar-refractivity contribution in [2.24, 2.45) is 7.05 Å². The Morgan fingerprint density at radius 2 is 2.05 bits per heavy atom. The number of nitrogens with one attached hydrogen (secondary N) is 1. The summed E-state index contributed by atoms with van der Waals surface area (Å²) in [6, 6.07) is 2.05. The molecule has 0 fully saturated rings. The number of aryl methyl sites for hydroxylation is 4. The molecule has 0 aromatic carbocycles. The summed E-state index contributed by atoms with van der Waals surface area (Å²) in [7, 11) is 1.97. The summed E-state index contributed by atoms with van der Waals surface area (Å²) in [6.07, 6.45) is 4.93. The molecule has 0 unspecified atom stereocenters. The van der Waals surface area contributed by atoms with Crippen LogP contribution in [0.25, 0.3) is 0 Å². The van der Waals surface area contributed by atoms with Crippen molar-refractivity contribution in [3.63, 3.8) is 0 Å². The smallest absolute Gasteiger partial charge is 0.0638 e. The summed E-state index contributed by atoms with van der Waals surface area (Å²) in [5.74, 6) is 0. The van der Waals surface area contributed by atoms with Gasteiger partial charge in [0, 0.05) is 55.7 Å². The van der Waals surface area contributed by atoms with Gasteiger partial charge in [0.1, 0.15) is 0 Å². The van der Waals surface area contributed by atoms with Crippen molar-refractivity contribution in [3.8, 4) is 0 Å². The highest BCUT2D eigenvalue weighted by Crippen LogP contribution is 2.09. The van der Waals surface area contributed by atoms with Gasteiger partial charge < -0.3 is 5.32 Å². The summed E-state index contributed by atoms with van der Waals surface area (Å²) in [6.45, 7) is 10.3. The third kappa shape index (κ3) is 3.93. The lowest BCUT2D eigenvalue weighted by molar-refractivity contribution is 0.423. The van der Waals surface area contributed by atoms with Crippen molar-refractivity contribution in [1.82, 2.24) is 24.9 Å². The third-order valence-corrected chi connectivity index (χ3v) is 3.38. The molecule has 0 saturated carbocycles. The zero-order valence-corrected chi connectivity index (χ0v) is 13.1. The zero-order valence-electron chi connectivity index (χ0n) is 13.1. The summed E-state index contributed by atoms with van der Waals surface area (Å²) in [4.78, 5) is 0. The molecule has 2 heterocycles. The molecule has 1 N–H and O–H groups in total. The van der Waals surface area contributed by atoms with Gasteiger partial charge in [-0.25, -0.2) is 0 Å². The van der Waals surface area contributed by atoms with E-state index in [2.05, 4.69) is 55.5 Å². The largest absolute Gasteiger partial charge is 0.308 e. The summed E-state index contributed by atoms with van der Waals surface area (Å²) in [5.41, 5.74) is 3.73. The predicted octanol–water partition coefficient (Wildman–Crippen LogP) is 2.06. The molecule has 0 atom stereocenters. The lowest BCUT2D eigenvalue weighted by Gasteiger charge is -2.20. The van der Waals surface area contributed by atoms with Gasteiger partial charge >= 0.3 is 0 Å². The first-order valence-electron chi connectivity index (χ1n) is 7.10. The third-order valence-electron chi connectivity index (χ3n) is 3.38. The molecule has 0 spiro atoms. The van der Waals surface area contributed by atoms with Crippen molar-refractivity contribution in [1.29, 1.82) is 0 Å². The van der Waals surface area contributed by atoms with Gasteiger partial charge in [0.25, 0.3) is 0 Å². The average molecular weight is 275 g/mol. The minimum Gasteiger partial charge on any atom is -0.308 e. The van der Waals surface area contributed by atoms with Crippen LogP contribution in [0.4, 0.5) is 0 Å². The summed E-state index contributed by atoms with van der Waals surface area (Å²) < 4.78 is 3.94. The molecule has 110 valence electrons. The number of hydrogen-bond acceptors (Lipinski definition) is 3. The Morgan fingerprint density at radius 3 is 2.65 bits per heavy atom. The van der Waals surface area contributed by atoms with E-state index in [1.807, 2.05) is 22.6 Å². The average Bonchev–Trinajstić information content (AvgIpc) is 2.90. The fourth-order valence-corrected chi connectivity index (χ4v) is 2.08. The molecule has 0 aliphatic carbocycles. The van der Waals surface area contributed by atoms with Gasteiger partial charge in [-0.15, -0.1) is 0 Å². The summed E-state index contributed by atoms with van der Waals surface area (Å²) >= 11 is 0. The van der Waals surface area contributed by atoms with Crippen LogP contribution in [-0.4, -0.2) is 25.1 Å². The minimum absolute atomic E-state index is 0.128. The zero-order chi connectivity index (χ0) is 14.8. The molecule has 5 heteroatoms. The van der Waals surface area contributed by atoms with Gasteiger partial charge in [0.15, 0.2) is 0 Å². The highest BCUT2D eigenvalue weighted by atomic mass is 15.3. The van der Waals surface area contributed by atoms with Crippen molar-refractivity contribution in [2.75, 3.05) is 0 Å². The van der Waals surface area contributed by atoms with Gasteiger partial charge in [0.05, 0.1) is 5.69 Å². The molecule has 0 bridgehead atoms. The molecular formula is C15H25N5. The molecule has 0 aliphatic heterocycles. The SMILES string of the molecule is Cc1nn(CCc2ccnn2C)cc1CNC(C)(C)C. The van der Waals surface area contributed by atoms with E-state index >= 15 is 0 Å². The molecule has 0 radical (unpaired) electrons. The highest BCUT2D eigenvalue weighted by molar-refractivity contribution is 5.15. The Morgan fingerprint density at radius 1 is 1.30 bits per heavy atom. The lowest BCUT2D eigenvalue weighted by atomic mass is 10.1. The number of hydrogen-bond donors (Lipinski definition) is 1. The second-order valence-corrected chi connectivity index (χ2v) is 6.30. The van der Waals surface area contributed by atoms with Gasteiger partial charge in [-0.2, -0.15) is 10.2 Å². The first-order chi connectivity index (χ1) is 9.35. The summed E-state index contributed by atoms with van der Waals surface area (Å²) in [5, 5.41) is 12.3. The highest BCUT2D eigenvalue weighted by Gasteiger charge is 2.11. The van der Waals surface area contributed by atoms with Crippen LogP contribution in [0.5, 0.6) is 0 Å². The topological polar surface area (TPSA) is 47.7 Å². The fraction of sp³-hybridized carbons (Fsp3) is 0.600. The maximum atomic E-state index is 4.59. The molecule has 0 saturated heterocycles. The molecule has 20 heavy (non-hydrogen) atoms. The number of aromatic nitrogens is 4. The standard InChI is InChI=1S/C15H25N5/c1-12-13(10-16-15(2,3)4)11-20(18-12)9-7-14-6-8-17-19(14)5/h6,8,11,16H,7,9-10H2,1-5H3. The monoisotopic (exact) mass is 275 g/mol. The number of nitrogens with zero attached hydrogens (tertiary/aromatic N) is 4. The maximum Gasteiger partial charge on any atom is 0.0638 e. The second-order valence-electron chi connectivity index (χ2n) is 6.30. The Hall–Kier alpha value is -1.62. The van der Waals surface area contributed by atoms with Crippen LogP contribution < -0.4 is 5.32 Å². The van der Waals surface area contributed by atoms with E-state index < -0.39 is 0 Å². The molecule has 0 amide bonds. The molecule has 0 aliphatic rings. The number of rotatable bonds is 5. The van der Waals surface area contributed by atoms with Crippen LogP contribution >= 0.6 is 0 Å². The molecule has 2 rings (SSSR count). The Kier molecular flexibility index (Phi) is 4.28. The second kappa shape index (κ2) is 5.79. The van der Waals surface area contributed by atoms with Crippen molar-refractivity contribution >= 4 is 0 Å². The predicted molar refractivity (Wildman–Crippen MR) is 80.5 cm³/mol. The minimum atomic E-state index is 0.128. The van der Waals surface area contributed by atoms with E-state index in [1.54, 1.807) is 0 Å². The van der Waals surface area contributed by atoms with Crippen LogP contribution in [-0.2, 0) is 26.6 Å². The van der Waals surface area contributed by atoms with E-state index in [0.29, 0.717) is 0 Å². The Balaban J connectivity index is 1.95. The van der Waals surface area contributed by atoms with Gasteiger partial charge in [0.2, 0.25) is 0 Å². The quantitative estimate of drug-likeness (QED) is 0.908. The van der Waals surface area contributed by atoms with Gasteiger partial charge in [-0.05, 0) is 33.8 Å². The normalized spacial score (nSPS) is 12.1. The van der Waals surface area contributed by atoms with E-state index in [0.717, 1.165) is 25.2 Å². The lowest BCUT2D eigenvalue weighted by Crippen LogP contribution is -2.35. The van der Waals surface area contributed by atoms with E-state index in [1.165, 1.54) is 11.3 Å². The van der Waals surface area contributed by atoms with Crippen molar-refractivity contribution < 1.29 is 0 Å². The van der Waals surface area contributed by atoms with Crippen molar-refractivity contribution in [3.05, 3.63) is 35.4 Å². The molecule has 5 nitrogen and oxygen atoms in total. The van der Waals surface area contributed by atoms with Crippen LogP contribution in [0.15, 0.2) is 18.5 Å². The van der Waals surface area contributed by atoms with Crippen LogP contribution in [0, 0.1) is 6.92 Å². The first kappa shape index (κ1) is 14.8. The van der Waals surface area contributed by atoms with Crippen LogP contribution in [0.3, 0.4) is 0 Å². The Bertz CT molecular complexity index is 559. The van der Waals surface area contributed by atoms with Crippen LogP contribution in [0.2, 0.25) is 0 Å². The molecular weight excluding hydrogens is 250 g/mol. The molecule has 2 aromatic rings. The van der Waals surface area contributed by atoms with E-state index in [-0.39, 0.29) is 5.54 Å². The fourth-order valence-electron chi connectivity index (χ4n) is 2.08. The van der Waals surface area contributed by atoms with E-state index in [9.17, 15) is 0 Å². The van der Waals surface area contributed by atoms with E-state index in [4.69, 9.17) is 0 Å². The van der Waals surface area contributed by atoms with Gasteiger partial charge in [-0.1, -0.05) is 0 Å².